The number of nitrogens with one attached hydrogen (secondary N) is 1. The van der Waals surface area contributed by atoms with Crippen LogP contribution in [0.5, 0.6) is 0 Å². The smallest absolute Gasteiger partial charge is 0.206 e. The summed E-state index contributed by atoms with van der Waals surface area (Å²) in [6.07, 6.45) is 0. The molecule has 2 aromatic rings. The second-order valence-electron chi connectivity index (χ2n) is 7.78. The molecule has 2 heterocycles. The molecule has 26 heavy (non-hydrogen) atoms. The summed E-state index contributed by atoms with van der Waals surface area (Å²) in [4.78, 5) is 3.10. The van der Waals surface area contributed by atoms with Gasteiger partial charge in [-0.1, -0.05) is 32.0 Å². The Morgan fingerprint density at radius 3 is 2.38 bits per heavy atom. The zero-order valence-electron chi connectivity index (χ0n) is 15.5. The van der Waals surface area contributed by atoms with Crippen molar-refractivity contribution in [2.24, 2.45) is 11.8 Å². The third-order valence-corrected chi connectivity index (χ3v) is 7.81. The predicted octanol–water partition coefficient (Wildman–Crippen LogP) is 3.30. The second kappa shape index (κ2) is 6.39. The van der Waals surface area contributed by atoms with Gasteiger partial charge >= 0.3 is 0 Å². The van der Waals surface area contributed by atoms with Gasteiger partial charge in [0.15, 0.2) is 0 Å². The lowest BCUT2D eigenvalue weighted by Gasteiger charge is -2.32. The van der Waals surface area contributed by atoms with E-state index in [1.807, 2.05) is 18.2 Å². The molecule has 0 bridgehead atoms. The number of rotatable bonds is 2. The molecule has 4 atom stereocenters. The highest BCUT2D eigenvalue weighted by molar-refractivity contribution is 7.91. The summed E-state index contributed by atoms with van der Waals surface area (Å²) in [6.45, 7) is 6.52. The van der Waals surface area contributed by atoms with Crippen molar-refractivity contribution in [1.82, 2.24) is 5.32 Å². The van der Waals surface area contributed by atoms with E-state index in [-0.39, 0.29) is 0 Å². The molecule has 5 heteroatoms. The number of fused-ring (bicyclic) bond motifs is 3. The number of anilines is 1. The molecule has 0 amide bonds. The normalized spacial score (nSPS) is 28.3. The summed E-state index contributed by atoms with van der Waals surface area (Å²) in [5, 5.41) is 3.55. The van der Waals surface area contributed by atoms with Crippen molar-refractivity contribution in [2.75, 3.05) is 25.0 Å². The molecule has 0 saturated carbocycles. The zero-order chi connectivity index (χ0) is 18.5. The molecule has 4 rings (SSSR count). The molecule has 0 spiro atoms. The van der Waals surface area contributed by atoms with Crippen LogP contribution in [0.15, 0.2) is 58.3 Å². The topological polar surface area (TPSA) is 49.4 Å². The third-order valence-electron chi connectivity index (χ3n) is 6.05. The van der Waals surface area contributed by atoms with Gasteiger partial charge < -0.3 is 10.2 Å². The van der Waals surface area contributed by atoms with Crippen LogP contribution in [0, 0.1) is 11.8 Å². The molecule has 1 fully saturated rings. The molecule has 1 N–H and O–H groups in total. The average Bonchev–Trinajstić information content (AvgIpc) is 2.85. The van der Waals surface area contributed by atoms with Crippen LogP contribution < -0.4 is 10.2 Å². The van der Waals surface area contributed by atoms with Gasteiger partial charge in [-0.05, 0) is 60.8 Å². The Bertz CT molecular complexity index is 911. The first-order valence-electron chi connectivity index (χ1n) is 9.29. The lowest BCUT2D eigenvalue weighted by molar-refractivity contribution is 0.374. The lowest BCUT2D eigenvalue weighted by atomic mass is 9.80. The van der Waals surface area contributed by atoms with E-state index in [0.717, 1.165) is 13.1 Å². The van der Waals surface area contributed by atoms with Crippen LogP contribution in [-0.4, -0.2) is 34.6 Å². The number of hydrogen-bond donors (Lipinski definition) is 1. The maximum absolute atomic E-state index is 13.1. The van der Waals surface area contributed by atoms with Crippen molar-refractivity contribution in [3.8, 4) is 0 Å². The van der Waals surface area contributed by atoms with Gasteiger partial charge in [-0.2, -0.15) is 0 Å². The number of sulfone groups is 1. The molecule has 2 aromatic carbocycles. The van der Waals surface area contributed by atoms with Gasteiger partial charge in [-0.25, -0.2) is 8.42 Å². The van der Waals surface area contributed by atoms with E-state index in [1.54, 1.807) is 30.3 Å². The first-order valence-corrected chi connectivity index (χ1v) is 10.8. The minimum atomic E-state index is -3.49. The molecule has 2 aliphatic heterocycles. The number of nitrogens with zero attached hydrogens (tertiary/aromatic N) is 1. The van der Waals surface area contributed by atoms with Gasteiger partial charge in [0.1, 0.15) is 0 Å². The maximum Gasteiger partial charge on any atom is 0.206 e. The highest BCUT2D eigenvalue weighted by Gasteiger charge is 2.44. The summed E-state index contributed by atoms with van der Waals surface area (Å²) in [7, 11) is -1.35. The van der Waals surface area contributed by atoms with Crippen LogP contribution in [0.3, 0.4) is 0 Å². The van der Waals surface area contributed by atoms with Crippen molar-refractivity contribution in [2.45, 2.75) is 35.6 Å². The minimum Gasteiger partial charge on any atom is -0.370 e. The highest BCUT2D eigenvalue weighted by Crippen LogP contribution is 2.48. The summed E-state index contributed by atoms with van der Waals surface area (Å²) in [6, 6.07) is 14.8. The van der Waals surface area contributed by atoms with E-state index in [0.29, 0.717) is 33.6 Å². The van der Waals surface area contributed by atoms with Gasteiger partial charge in [-0.15, -0.1) is 0 Å². The maximum atomic E-state index is 13.1. The van der Waals surface area contributed by atoms with Crippen molar-refractivity contribution >= 4 is 15.5 Å². The van der Waals surface area contributed by atoms with Crippen LogP contribution in [0.4, 0.5) is 5.69 Å². The Morgan fingerprint density at radius 1 is 0.962 bits per heavy atom. The SMILES string of the molecule is CC1CNCC(C)[C@H]2[C@H]1c1cc(S(=O)(=O)c3ccccc3)ccc1N2C. The van der Waals surface area contributed by atoms with Crippen LogP contribution >= 0.6 is 0 Å². The number of benzene rings is 2. The predicted molar refractivity (Wildman–Crippen MR) is 104 cm³/mol. The van der Waals surface area contributed by atoms with E-state index in [4.69, 9.17) is 0 Å². The fourth-order valence-corrected chi connectivity index (χ4v) is 6.09. The number of hydrogen-bond acceptors (Lipinski definition) is 4. The zero-order valence-corrected chi connectivity index (χ0v) is 16.3. The van der Waals surface area contributed by atoms with E-state index in [1.165, 1.54) is 11.3 Å². The Kier molecular flexibility index (Phi) is 4.32. The molecule has 0 aromatic heterocycles. The van der Waals surface area contributed by atoms with Gasteiger partial charge in [0.25, 0.3) is 0 Å². The fraction of sp³-hybridized carbons (Fsp3) is 0.429. The Labute approximate surface area is 156 Å². The number of likely N-dealkylation sites (N-methyl/N-ethyl adjacent to an activating group) is 1. The van der Waals surface area contributed by atoms with Gasteiger partial charge in [0, 0.05) is 24.7 Å². The molecular formula is C21H26N2O2S. The summed E-state index contributed by atoms with van der Waals surface area (Å²) < 4.78 is 26.1. The molecule has 0 aliphatic carbocycles. The first kappa shape index (κ1) is 17.6. The summed E-state index contributed by atoms with van der Waals surface area (Å²) >= 11 is 0. The Balaban J connectivity index is 1.82. The van der Waals surface area contributed by atoms with Crippen molar-refractivity contribution in [3.63, 3.8) is 0 Å². The summed E-state index contributed by atoms with van der Waals surface area (Å²) in [5.41, 5.74) is 2.35. The Morgan fingerprint density at radius 2 is 1.65 bits per heavy atom. The van der Waals surface area contributed by atoms with Crippen LogP contribution in [0.25, 0.3) is 0 Å². The molecule has 0 radical (unpaired) electrons. The van der Waals surface area contributed by atoms with Crippen molar-refractivity contribution in [1.29, 1.82) is 0 Å². The molecular weight excluding hydrogens is 344 g/mol. The lowest BCUT2D eigenvalue weighted by Crippen LogP contribution is -2.39. The van der Waals surface area contributed by atoms with Crippen LogP contribution in [0.2, 0.25) is 0 Å². The van der Waals surface area contributed by atoms with Gasteiger partial charge in [-0.3, -0.25) is 0 Å². The van der Waals surface area contributed by atoms with Crippen LogP contribution in [-0.2, 0) is 9.84 Å². The highest BCUT2D eigenvalue weighted by atomic mass is 32.2. The Hall–Kier alpha value is -1.85. The van der Waals surface area contributed by atoms with E-state index >= 15 is 0 Å². The molecule has 2 unspecified atom stereocenters. The van der Waals surface area contributed by atoms with Crippen molar-refractivity contribution < 1.29 is 8.42 Å². The quantitative estimate of drug-likeness (QED) is 0.881. The fourth-order valence-electron chi connectivity index (χ4n) is 4.77. The van der Waals surface area contributed by atoms with Gasteiger partial charge in [0.2, 0.25) is 9.84 Å². The van der Waals surface area contributed by atoms with Crippen molar-refractivity contribution in [3.05, 3.63) is 54.1 Å². The van der Waals surface area contributed by atoms with E-state index in [2.05, 4.69) is 31.1 Å². The minimum absolute atomic E-state index is 0.353. The average molecular weight is 371 g/mol. The molecule has 4 nitrogen and oxygen atoms in total. The monoisotopic (exact) mass is 370 g/mol. The van der Waals surface area contributed by atoms with Crippen LogP contribution in [0.1, 0.15) is 25.3 Å². The van der Waals surface area contributed by atoms with E-state index < -0.39 is 9.84 Å². The largest absolute Gasteiger partial charge is 0.370 e. The van der Waals surface area contributed by atoms with Gasteiger partial charge in [0.05, 0.1) is 9.79 Å². The standard InChI is InChI=1S/C21H26N2O2S/c1-14-12-22-13-15(2)21-20(14)18-11-17(9-10-19(18)23(21)3)26(24,25)16-7-5-4-6-8-16/h4-11,14-15,20-22H,12-13H2,1-3H3/t14?,15?,20-,21+/m1/s1. The van der Waals surface area contributed by atoms with E-state index in [9.17, 15) is 8.42 Å². The first-order chi connectivity index (χ1) is 12.4. The summed E-state index contributed by atoms with van der Waals surface area (Å²) in [5.74, 6) is 1.32. The molecule has 2 aliphatic rings. The molecule has 1 saturated heterocycles. The third kappa shape index (κ3) is 2.65. The second-order valence-corrected chi connectivity index (χ2v) is 9.73. The molecule has 138 valence electrons.